The van der Waals surface area contributed by atoms with E-state index in [2.05, 4.69) is 38.5 Å². The van der Waals surface area contributed by atoms with Crippen LogP contribution in [0.25, 0.3) is 0 Å². The van der Waals surface area contributed by atoms with Gasteiger partial charge in [0.15, 0.2) is 5.78 Å². The summed E-state index contributed by atoms with van der Waals surface area (Å²) >= 11 is 5.36. The summed E-state index contributed by atoms with van der Waals surface area (Å²) in [5, 5.41) is 0. The molecule has 0 bridgehead atoms. The Morgan fingerprint density at radius 2 is 1.74 bits per heavy atom. The number of carbonyl (C=O) groups is 1. The molecule has 0 unspecified atom stereocenters. The second kappa shape index (κ2) is 6.09. The molecule has 0 saturated carbocycles. The zero-order valence-corrected chi connectivity index (χ0v) is 13.3. The molecule has 0 aliphatic heterocycles. The highest BCUT2D eigenvalue weighted by Gasteiger charge is 2.12. The van der Waals surface area contributed by atoms with Crippen LogP contribution in [0, 0.1) is 15.2 Å². The van der Waals surface area contributed by atoms with Gasteiger partial charge in [0.2, 0.25) is 0 Å². The van der Waals surface area contributed by atoms with E-state index in [9.17, 15) is 13.6 Å². The lowest BCUT2D eigenvalue weighted by atomic mass is 10.0. The number of hydrogen-bond donors (Lipinski definition) is 0. The summed E-state index contributed by atoms with van der Waals surface area (Å²) in [6.45, 7) is 0. The molecular formula is C14H8BrF2IO. The Hall–Kier alpha value is -0.820. The van der Waals surface area contributed by atoms with E-state index in [1.54, 1.807) is 6.07 Å². The van der Waals surface area contributed by atoms with Gasteiger partial charge in [0.05, 0.1) is 0 Å². The molecule has 5 heteroatoms. The van der Waals surface area contributed by atoms with Crippen LogP contribution < -0.4 is 0 Å². The van der Waals surface area contributed by atoms with Crippen molar-refractivity contribution >= 4 is 44.3 Å². The maximum atomic E-state index is 13.1. The third-order valence-corrected chi connectivity index (χ3v) is 3.95. The first kappa shape index (κ1) is 14.6. The Bertz CT molecular complexity index is 623. The second-order valence-electron chi connectivity index (χ2n) is 4.00. The topological polar surface area (TPSA) is 17.1 Å². The highest BCUT2D eigenvalue weighted by molar-refractivity contribution is 14.1. The van der Waals surface area contributed by atoms with Gasteiger partial charge in [-0.2, -0.15) is 0 Å². The first-order valence-corrected chi connectivity index (χ1v) is 7.26. The molecule has 0 N–H and O–H groups in total. The summed E-state index contributed by atoms with van der Waals surface area (Å²) in [4.78, 5) is 12.1. The minimum Gasteiger partial charge on any atom is -0.294 e. The number of hydrogen-bond acceptors (Lipinski definition) is 1. The monoisotopic (exact) mass is 436 g/mol. The molecule has 0 aliphatic rings. The SMILES string of the molecule is O=C(Cc1cc(F)cc(F)c1)c1cc(Br)ccc1I. The van der Waals surface area contributed by atoms with Crippen LogP contribution in [0.15, 0.2) is 40.9 Å². The van der Waals surface area contributed by atoms with Crippen LogP contribution in [0.2, 0.25) is 0 Å². The Balaban J connectivity index is 2.28. The number of Topliss-reactive ketones (excluding diaryl/α,β-unsaturated/α-hetero) is 1. The molecule has 2 rings (SSSR count). The molecule has 0 fully saturated rings. The molecular weight excluding hydrogens is 429 g/mol. The maximum Gasteiger partial charge on any atom is 0.168 e. The smallest absolute Gasteiger partial charge is 0.168 e. The fourth-order valence-corrected chi connectivity index (χ4v) is 2.70. The van der Waals surface area contributed by atoms with E-state index < -0.39 is 11.6 Å². The van der Waals surface area contributed by atoms with E-state index in [0.29, 0.717) is 11.1 Å². The summed E-state index contributed by atoms with van der Waals surface area (Å²) in [7, 11) is 0. The number of rotatable bonds is 3. The van der Waals surface area contributed by atoms with Crippen molar-refractivity contribution in [1.82, 2.24) is 0 Å². The standard InChI is InChI=1S/C14H8BrF2IO/c15-9-1-2-13(18)12(6-9)14(19)5-8-3-10(16)7-11(17)4-8/h1-4,6-7H,5H2. The molecule has 0 heterocycles. The lowest BCUT2D eigenvalue weighted by Gasteiger charge is -2.05. The lowest BCUT2D eigenvalue weighted by molar-refractivity contribution is 0.0992. The van der Waals surface area contributed by atoms with Gasteiger partial charge in [0, 0.05) is 26.1 Å². The molecule has 0 aromatic heterocycles. The predicted octanol–water partition coefficient (Wildman–Crippen LogP) is 4.76. The maximum absolute atomic E-state index is 13.1. The quantitative estimate of drug-likeness (QED) is 0.501. The van der Waals surface area contributed by atoms with Crippen molar-refractivity contribution in [2.24, 2.45) is 0 Å². The van der Waals surface area contributed by atoms with Crippen molar-refractivity contribution in [3.63, 3.8) is 0 Å². The zero-order valence-electron chi connectivity index (χ0n) is 9.59. The largest absolute Gasteiger partial charge is 0.294 e. The van der Waals surface area contributed by atoms with Crippen LogP contribution in [0.1, 0.15) is 15.9 Å². The first-order valence-electron chi connectivity index (χ1n) is 5.39. The van der Waals surface area contributed by atoms with Crippen molar-refractivity contribution < 1.29 is 13.6 Å². The van der Waals surface area contributed by atoms with Crippen molar-refractivity contribution in [2.75, 3.05) is 0 Å². The van der Waals surface area contributed by atoms with Crippen molar-refractivity contribution in [3.05, 3.63) is 67.2 Å². The molecule has 1 nitrogen and oxygen atoms in total. The molecule has 19 heavy (non-hydrogen) atoms. The van der Waals surface area contributed by atoms with Gasteiger partial charge in [-0.15, -0.1) is 0 Å². The minimum absolute atomic E-state index is 0.0267. The lowest BCUT2D eigenvalue weighted by Crippen LogP contribution is -2.06. The summed E-state index contributed by atoms with van der Waals surface area (Å²) < 4.78 is 27.7. The summed E-state index contributed by atoms with van der Waals surface area (Å²) in [6.07, 6.45) is -0.0267. The molecule has 0 spiro atoms. The molecule has 0 atom stereocenters. The molecule has 0 aliphatic carbocycles. The highest BCUT2D eigenvalue weighted by Crippen LogP contribution is 2.20. The van der Waals surface area contributed by atoms with Crippen LogP contribution in [-0.4, -0.2) is 5.78 Å². The Kier molecular flexibility index (Phi) is 4.67. The van der Waals surface area contributed by atoms with Gasteiger partial charge in [-0.25, -0.2) is 8.78 Å². The van der Waals surface area contributed by atoms with E-state index in [1.165, 1.54) is 12.1 Å². The van der Waals surface area contributed by atoms with E-state index in [0.717, 1.165) is 14.1 Å². The average molecular weight is 437 g/mol. The van der Waals surface area contributed by atoms with E-state index in [4.69, 9.17) is 0 Å². The number of carbonyl (C=O) groups excluding carboxylic acids is 1. The van der Waals surface area contributed by atoms with Crippen molar-refractivity contribution in [1.29, 1.82) is 0 Å². The van der Waals surface area contributed by atoms with Crippen molar-refractivity contribution in [3.8, 4) is 0 Å². The first-order chi connectivity index (χ1) is 8.95. The average Bonchev–Trinajstić information content (AvgIpc) is 2.30. The third kappa shape index (κ3) is 3.82. The van der Waals surface area contributed by atoms with Gasteiger partial charge in [0.1, 0.15) is 11.6 Å². The second-order valence-corrected chi connectivity index (χ2v) is 6.08. The number of benzene rings is 2. The fourth-order valence-electron chi connectivity index (χ4n) is 1.70. The van der Waals surface area contributed by atoms with Crippen LogP contribution in [0.5, 0.6) is 0 Å². The van der Waals surface area contributed by atoms with Gasteiger partial charge in [-0.3, -0.25) is 4.79 Å². The van der Waals surface area contributed by atoms with Gasteiger partial charge in [0.25, 0.3) is 0 Å². The molecule has 0 saturated heterocycles. The number of ketones is 1. The zero-order chi connectivity index (χ0) is 14.0. The van der Waals surface area contributed by atoms with E-state index >= 15 is 0 Å². The highest BCUT2D eigenvalue weighted by atomic mass is 127. The number of halogens is 4. The Morgan fingerprint density at radius 3 is 2.37 bits per heavy atom. The van der Waals surface area contributed by atoms with Gasteiger partial charge >= 0.3 is 0 Å². The van der Waals surface area contributed by atoms with Crippen LogP contribution in [-0.2, 0) is 6.42 Å². The molecule has 0 radical (unpaired) electrons. The van der Waals surface area contributed by atoms with Crippen LogP contribution >= 0.6 is 38.5 Å². The van der Waals surface area contributed by atoms with Gasteiger partial charge in [-0.1, -0.05) is 15.9 Å². The normalized spacial score (nSPS) is 10.5. The molecule has 98 valence electrons. The molecule has 2 aromatic rings. The minimum atomic E-state index is -0.674. The van der Waals surface area contributed by atoms with Crippen molar-refractivity contribution in [2.45, 2.75) is 6.42 Å². The van der Waals surface area contributed by atoms with Gasteiger partial charge < -0.3 is 0 Å². The van der Waals surface area contributed by atoms with E-state index in [1.807, 2.05) is 12.1 Å². The van der Waals surface area contributed by atoms with Crippen LogP contribution in [0.4, 0.5) is 8.78 Å². The molecule has 0 amide bonds. The summed E-state index contributed by atoms with van der Waals surface area (Å²) in [5.74, 6) is -1.52. The summed E-state index contributed by atoms with van der Waals surface area (Å²) in [6, 6.07) is 8.48. The fraction of sp³-hybridized carbons (Fsp3) is 0.0714. The van der Waals surface area contributed by atoms with Crippen LogP contribution in [0.3, 0.4) is 0 Å². The van der Waals surface area contributed by atoms with Gasteiger partial charge in [-0.05, 0) is 58.5 Å². The Labute approximate surface area is 131 Å². The Morgan fingerprint density at radius 1 is 1.11 bits per heavy atom. The third-order valence-electron chi connectivity index (χ3n) is 2.52. The van der Waals surface area contributed by atoms with E-state index in [-0.39, 0.29) is 12.2 Å². The molecule has 2 aromatic carbocycles. The predicted molar refractivity (Wildman–Crippen MR) is 81.3 cm³/mol. The summed E-state index contributed by atoms with van der Waals surface area (Å²) in [5.41, 5.74) is 0.873.